The number of benzene rings is 1. The summed E-state index contributed by atoms with van der Waals surface area (Å²) in [5.41, 5.74) is 0. The highest BCUT2D eigenvalue weighted by Crippen LogP contribution is 2.21. The molecule has 2 amide bonds. The SMILES string of the molecule is CCN(CC)C(=O)CCCC(=O)N1CCN(S(=O)(=O)c2cccc(Cl)c2)CC1. The van der Waals surface area contributed by atoms with Gasteiger partial charge < -0.3 is 9.80 Å². The molecule has 156 valence electrons. The summed E-state index contributed by atoms with van der Waals surface area (Å²) < 4.78 is 26.8. The quantitative estimate of drug-likeness (QED) is 0.634. The van der Waals surface area contributed by atoms with Crippen molar-refractivity contribution in [2.45, 2.75) is 38.0 Å². The molecule has 0 aliphatic carbocycles. The summed E-state index contributed by atoms with van der Waals surface area (Å²) in [6.07, 6.45) is 1.17. The third kappa shape index (κ3) is 5.68. The van der Waals surface area contributed by atoms with Crippen molar-refractivity contribution in [1.29, 1.82) is 0 Å². The summed E-state index contributed by atoms with van der Waals surface area (Å²) in [7, 11) is -3.62. The molecule has 7 nitrogen and oxygen atoms in total. The number of hydrogen-bond donors (Lipinski definition) is 0. The summed E-state index contributed by atoms with van der Waals surface area (Å²) in [4.78, 5) is 28.0. The number of hydrogen-bond acceptors (Lipinski definition) is 4. The topological polar surface area (TPSA) is 78.0 Å². The molecule has 1 saturated heterocycles. The fourth-order valence-corrected chi connectivity index (χ4v) is 4.96. The van der Waals surface area contributed by atoms with Crippen molar-refractivity contribution in [3.63, 3.8) is 0 Å². The van der Waals surface area contributed by atoms with E-state index in [1.807, 2.05) is 13.8 Å². The van der Waals surface area contributed by atoms with E-state index in [1.54, 1.807) is 21.9 Å². The standard InChI is InChI=1S/C19H28ClN3O4S/c1-3-21(4-2)18(24)9-6-10-19(25)22-11-13-23(14-12-22)28(26,27)17-8-5-7-16(20)15-17/h5,7-8,15H,3-4,6,9-14H2,1-2H3. The van der Waals surface area contributed by atoms with E-state index in [1.165, 1.54) is 16.4 Å². The average Bonchev–Trinajstić information content (AvgIpc) is 2.69. The Labute approximate surface area is 172 Å². The lowest BCUT2D eigenvalue weighted by Gasteiger charge is -2.34. The van der Waals surface area contributed by atoms with E-state index >= 15 is 0 Å². The summed E-state index contributed by atoms with van der Waals surface area (Å²) >= 11 is 5.90. The van der Waals surface area contributed by atoms with Gasteiger partial charge >= 0.3 is 0 Å². The minimum Gasteiger partial charge on any atom is -0.343 e. The van der Waals surface area contributed by atoms with E-state index < -0.39 is 10.0 Å². The number of nitrogens with zero attached hydrogens (tertiary/aromatic N) is 3. The first-order chi connectivity index (χ1) is 13.3. The van der Waals surface area contributed by atoms with Crippen LogP contribution in [-0.2, 0) is 19.6 Å². The number of rotatable bonds is 8. The molecule has 9 heteroatoms. The number of sulfonamides is 1. The van der Waals surface area contributed by atoms with Gasteiger partial charge in [0.1, 0.15) is 0 Å². The second-order valence-electron chi connectivity index (χ2n) is 6.66. The molecular formula is C19H28ClN3O4S. The van der Waals surface area contributed by atoms with Crippen LogP contribution in [0.3, 0.4) is 0 Å². The van der Waals surface area contributed by atoms with Gasteiger partial charge in [0.05, 0.1) is 4.90 Å². The van der Waals surface area contributed by atoms with Crippen molar-refractivity contribution < 1.29 is 18.0 Å². The molecule has 1 aromatic rings. The van der Waals surface area contributed by atoms with Crippen molar-refractivity contribution >= 4 is 33.4 Å². The van der Waals surface area contributed by atoms with Gasteiger partial charge in [0, 0.05) is 57.1 Å². The Hall–Kier alpha value is -1.64. The van der Waals surface area contributed by atoms with Crippen LogP contribution in [0.5, 0.6) is 0 Å². The van der Waals surface area contributed by atoms with Crippen LogP contribution >= 0.6 is 11.6 Å². The third-order valence-corrected chi connectivity index (χ3v) is 7.05. The molecule has 1 aliphatic rings. The first-order valence-corrected chi connectivity index (χ1v) is 11.4. The highest BCUT2D eigenvalue weighted by Gasteiger charge is 2.30. The zero-order valence-electron chi connectivity index (χ0n) is 16.4. The molecule has 0 N–H and O–H groups in total. The number of carbonyl (C=O) groups excluding carboxylic acids is 2. The fraction of sp³-hybridized carbons (Fsp3) is 0.579. The number of amides is 2. The monoisotopic (exact) mass is 429 g/mol. The summed E-state index contributed by atoms with van der Waals surface area (Å²) in [6, 6.07) is 6.18. The Bertz CT molecular complexity index is 788. The summed E-state index contributed by atoms with van der Waals surface area (Å²) in [5.74, 6) is 0.0300. The van der Waals surface area contributed by atoms with Gasteiger partial charge in [-0.25, -0.2) is 8.42 Å². The highest BCUT2D eigenvalue weighted by molar-refractivity contribution is 7.89. The Balaban J connectivity index is 1.83. The van der Waals surface area contributed by atoms with Crippen LogP contribution in [0.25, 0.3) is 0 Å². The maximum Gasteiger partial charge on any atom is 0.243 e. The molecule has 0 spiro atoms. The zero-order chi connectivity index (χ0) is 20.7. The molecule has 1 heterocycles. The maximum absolute atomic E-state index is 12.7. The summed E-state index contributed by atoms with van der Waals surface area (Å²) in [6.45, 7) is 6.41. The normalized spacial score (nSPS) is 15.5. The Morgan fingerprint density at radius 1 is 1.07 bits per heavy atom. The van der Waals surface area contributed by atoms with E-state index in [4.69, 9.17) is 11.6 Å². The van der Waals surface area contributed by atoms with Gasteiger partial charge in [-0.05, 0) is 38.5 Å². The van der Waals surface area contributed by atoms with Crippen molar-refractivity contribution in [2.75, 3.05) is 39.3 Å². The van der Waals surface area contributed by atoms with Crippen LogP contribution in [0.2, 0.25) is 5.02 Å². The molecule has 0 aromatic heterocycles. The van der Waals surface area contributed by atoms with Gasteiger partial charge in [-0.3, -0.25) is 9.59 Å². The first kappa shape index (κ1) is 22.6. The van der Waals surface area contributed by atoms with Crippen molar-refractivity contribution in [1.82, 2.24) is 14.1 Å². The van der Waals surface area contributed by atoms with E-state index in [-0.39, 0.29) is 29.8 Å². The lowest BCUT2D eigenvalue weighted by atomic mass is 10.2. The van der Waals surface area contributed by atoms with E-state index in [0.717, 1.165) is 0 Å². The first-order valence-electron chi connectivity index (χ1n) is 9.60. The zero-order valence-corrected chi connectivity index (χ0v) is 18.0. The predicted octanol–water partition coefficient (Wildman–Crippen LogP) is 2.21. The molecule has 2 rings (SSSR count). The van der Waals surface area contributed by atoms with Gasteiger partial charge in [0.15, 0.2) is 0 Å². The predicted molar refractivity (Wildman–Crippen MR) is 109 cm³/mol. The average molecular weight is 430 g/mol. The Morgan fingerprint density at radius 3 is 2.29 bits per heavy atom. The molecule has 0 saturated carbocycles. The molecule has 1 fully saturated rings. The minimum absolute atomic E-state index is 0.0350. The van der Waals surface area contributed by atoms with E-state index in [2.05, 4.69) is 0 Å². The molecule has 0 atom stereocenters. The highest BCUT2D eigenvalue weighted by atomic mass is 35.5. The number of piperazine rings is 1. The van der Waals surface area contributed by atoms with Crippen molar-refractivity contribution in [3.8, 4) is 0 Å². The van der Waals surface area contributed by atoms with Crippen LogP contribution in [-0.4, -0.2) is 73.6 Å². The second kappa shape index (κ2) is 10.2. The Kier molecular flexibility index (Phi) is 8.27. The molecule has 0 bridgehead atoms. The molecule has 0 radical (unpaired) electrons. The molecule has 1 aromatic carbocycles. The fourth-order valence-electron chi connectivity index (χ4n) is 3.24. The molecule has 0 unspecified atom stereocenters. The van der Waals surface area contributed by atoms with E-state index in [9.17, 15) is 18.0 Å². The van der Waals surface area contributed by atoms with Crippen LogP contribution in [0, 0.1) is 0 Å². The molecule has 28 heavy (non-hydrogen) atoms. The van der Waals surface area contributed by atoms with Crippen molar-refractivity contribution in [2.24, 2.45) is 0 Å². The van der Waals surface area contributed by atoms with Gasteiger partial charge in [-0.15, -0.1) is 0 Å². The third-order valence-electron chi connectivity index (χ3n) is 4.92. The van der Waals surface area contributed by atoms with Crippen LogP contribution in [0.4, 0.5) is 0 Å². The smallest absolute Gasteiger partial charge is 0.243 e. The number of carbonyl (C=O) groups is 2. The van der Waals surface area contributed by atoms with Gasteiger partial charge in [-0.2, -0.15) is 4.31 Å². The van der Waals surface area contributed by atoms with Gasteiger partial charge in [0.2, 0.25) is 21.8 Å². The van der Waals surface area contributed by atoms with Gasteiger partial charge in [0.25, 0.3) is 0 Å². The second-order valence-corrected chi connectivity index (χ2v) is 9.04. The van der Waals surface area contributed by atoms with Crippen LogP contribution in [0.15, 0.2) is 29.2 Å². The molecule has 1 aliphatic heterocycles. The maximum atomic E-state index is 12.7. The Morgan fingerprint density at radius 2 is 1.71 bits per heavy atom. The lowest BCUT2D eigenvalue weighted by molar-refractivity contribution is -0.133. The summed E-state index contributed by atoms with van der Waals surface area (Å²) in [5, 5.41) is 0.370. The van der Waals surface area contributed by atoms with Crippen molar-refractivity contribution in [3.05, 3.63) is 29.3 Å². The van der Waals surface area contributed by atoms with E-state index in [0.29, 0.717) is 50.5 Å². The van der Waals surface area contributed by atoms with Crippen LogP contribution in [0.1, 0.15) is 33.1 Å². The van der Waals surface area contributed by atoms with Crippen LogP contribution < -0.4 is 0 Å². The lowest BCUT2D eigenvalue weighted by Crippen LogP contribution is -2.50. The minimum atomic E-state index is -3.62. The largest absolute Gasteiger partial charge is 0.343 e. The number of halogens is 1. The molecular weight excluding hydrogens is 402 g/mol. The van der Waals surface area contributed by atoms with Gasteiger partial charge in [-0.1, -0.05) is 17.7 Å².